The van der Waals surface area contributed by atoms with Crippen molar-refractivity contribution in [2.45, 2.75) is 25.0 Å². The number of aromatic nitrogens is 2. The normalized spacial score (nSPS) is 12.7. The molecule has 0 aliphatic carbocycles. The number of nitrogens with zero attached hydrogens (tertiary/aromatic N) is 2. The largest absolute Gasteiger partial charge is 0.454 e. The van der Waals surface area contributed by atoms with Crippen molar-refractivity contribution in [3.63, 3.8) is 0 Å². The third-order valence-electron chi connectivity index (χ3n) is 3.34. The highest BCUT2D eigenvalue weighted by atomic mass is 79.9. The first-order chi connectivity index (χ1) is 11.1. The van der Waals surface area contributed by atoms with E-state index >= 15 is 0 Å². The Balaban J connectivity index is 1.97. The van der Waals surface area contributed by atoms with Crippen LogP contribution in [-0.4, -0.2) is 28.4 Å². The summed E-state index contributed by atoms with van der Waals surface area (Å²) in [6.45, 7) is 2.74. The van der Waals surface area contributed by atoms with Gasteiger partial charge in [0, 0.05) is 16.8 Å². The fourth-order valence-corrected chi connectivity index (χ4v) is 3.90. The molecular weight excluding hydrogens is 404 g/mol. The van der Waals surface area contributed by atoms with Crippen LogP contribution in [0.15, 0.2) is 21.9 Å². The smallest absolute Gasteiger partial charge is 0.231 e. The fraction of sp³-hybridized carbons (Fsp3) is 0.333. The Kier molecular flexibility index (Phi) is 5.18. The average Bonchev–Trinajstić information content (AvgIpc) is 3.09. The molecule has 5 nitrogen and oxygen atoms in total. The molecule has 8 heteroatoms. The lowest BCUT2D eigenvalue weighted by atomic mass is 10.2. The molecule has 0 bridgehead atoms. The van der Waals surface area contributed by atoms with Gasteiger partial charge in [-0.2, -0.15) is 0 Å². The van der Waals surface area contributed by atoms with Crippen molar-refractivity contribution in [1.82, 2.24) is 9.55 Å². The highest BCUT2D eigenvalue weighted by Gasteiger charge is 2.20. The summed E-state index contributed by atoms with van der Waals surface area (Å²) in [6.07, 6.45) is 1.82. The maximum atomic E-state index is 11.4. The Morgan fingerprint density at radius 1 is 1.43 bits per heavy atom. The molecule has 1 aromatic heterocycles. The average molecular weight is 418 g/mol. The van der Waals surface area contributed by atoms with Crippen LogP contribution < -0.4 is 9.47 Å². The van der Waals surface area contributed by atoms with E-state index in [1.54, 1.807) is 17.8 Å². The minimum absolute atomic E-state index is 0.197. The lowest BCUT2D eigenvalue weighted by molar-refractivity contribution is 0.111. The van der Waals surface area contributed by atoms with Crippen LogP contribution in [0.3, 0.4) is 0 Å². The number of carbonyl (C=O) groups excluding carboxylic acids is 1. The summed E-state index contributed by atoms with van der Waals surface area (Å²) in [7, 11) is 0. The molecule has 3 rings (SSSR count). The van der Waals surface area contributed by atoms with Crippen LogP contribution in [0.25, 0.3) is 0 Å². The Hall–Kier alpha value is -1.18. The Labute approximate surface area is 151 Å². The molecule has 0 radical (unpaired) electrons. The quantitative estimate of drug-likeness (QED) is 0.515. The Morgan fingerprint density at radius 2 is 2.17 bits per heavy atom. The Morgan fingerprint density at radius 3 is 2.87 bits per heavy atom. The predicted octanol–water partition coefficient (Wildman–Crippen LogP) is 4.39. The number of benzene rings is 1. The molecule has 0 atom stereocenters. The van der Waals surface area contributed by atoms with Crippen molar-refractivity contribution in [3.05, 3.63) is 33.0 Å². The predicted molar refractivity (Wildman–Crippen MR) is 93.0 cm³/mol. The van der Waals surface area contributed by atoms with Crippen molar-refractivity contribution >= 4 is 45.6 Å². The molecule has 0 saturated heterocycles. The summed E-state index contributed by atoms with van der Waals surface area (Å²) in [5.74, 6) is 2.23. The zero-order chi connectivity index (χ0) is 16.4. The summed E-state index contributed by atoms with van der Waals surface area (Å²) in [5.41, 5.74) is 1.35. The van der Waals surface area contributed by atoms with Gasteiger partial charge in [0.05, 0.1) is 6.54 Å². The molecule has 1 aliphatic rings. The molecule has 1 aromatic carbocycles. The van der Waals surface area contributed by atoms with E-state index in [2.05, 4.69) is 27.8 Å². The molecular formula is C15H14BrClN2O3S. The molecule has 2 heterocycles. The van der Waals surface area contributed by atoms with Gasteiger partial charge in [0.25, 0.3) is 0 Å². The van der Waals surface area contributed by atoms with Crippen LogP contribution in [0.4, 0.5) is 0 Å². The highest BCUT2D eigenvalue weighted by Crippen LogP contribution is 2.37. The van der Waals surface area contributed by atoms with Gasteiger partial charge >= 0.3 is 0 Å². The molecule has 1 aliphatic heterocycles. The van der Waals surface area contributed by atoms with Gasteiger partial charge in [0.1, 0.15) is 10.3 Å². The standard InChI is InChI=1S/C15H14BrClN2O3S/c1-2-3-23-15-18-14(16)11(7-20)19(15)6-9-4-12-13(5-10(9)17)22-8-21-12/h4-5,7H,2-3,6,8H2,1H3. The molecule has 2 aromatic rings. The number of fused-ring (bicyclic) bond motifs is 1. The zero-order valence-corrected chi connectivity index (χ0v) is 15.5. The number of halogens is 2. The van der Waals surface area contributed by atoms with Crippen LogP contribution in [0, 0.1) is 0 Å². The lowest BCUT2D eigenvalue weighted by Gasteiger charge is -2.11. The lowest BCUT2D eigenvalue weighted by Crippen LogP contribution is -2.06. The van der Waals surface area contributed by atoms with Crippen molar-refractivity contribution in [1.29, 1.82) is 0 Å². The second-order valence-corrected chi connectivity index (χ2v) is 7.14. The van der Waals surface area contributed by atoms with Gasteiger partial charge in [0.2, 0.25) is 6.79 Å². The van der Waals surface area contributed by atoms with Gasteiger partial charge < -0.3 is 14.0 Å². The van der Waals surface area contributed by atoms with E-state index in [1.165, 1.54) is 0 Å². The zero-order valence-electron chi connectivity index (χ0n) is 12.3. The van der Waals surface area contributed by atoms with E-state index in [1.807, 2.05) is 10.6 Å². The molecule has 0 N–H and O–H groups in total. The number of rotatable bonds is 6. The summed E-state index contributed by atoms with van der Waals surface area (Å²) >= 11 is 11.3. The summed E-state index contributed by atoms with van der Waals surface area (Å²) < 4.78 is 13.1. The van der Waals surface area contributed by atoms with Crippen LogP contribution in [0.1, 0.15) is 29.4 Å². The Bertz CT molecular complexity index is 751. The molecule has 122 valence electrons. The number of aldehydes is 1. The van der Waals surface area contributed by atoms with E-state index < -0.39 is 0 Å². The van der Waals surface area contributed by atoms with Gasteiger partial charge in [-0.25, -0.2) is 4.98 Å². The fourth-order valence-electron chi connectivity index (χ4n) is 2.24. The third-order valence-corrected chi connectivity index (χ3v) is 5.46. The minimum atomic E-state index is 0.197. The maximum Gasteiger partial charge on any atom is 0.231 e. The molecule has 0 amide bonds. The number of hydrogen-bond donors (Lipinski definition) is 0. The van der Waals surface area contributed by atoms with Crippen molar-refractivity contribution < 1.29 is 14.3 Å². The highest BCUT2D eigenvalue weighted by molar-refractivity contribution is 9.10. The number of ether oxygens (including phenoxy) is 2. The first-order valence-corrected chi connectivity index (χ1v) is 9.21. The second-order valence-electron chi connectivity index (χ2n) is 4.92. The molecule has 0 saturated carbocycles. The second kappa shape index (κ2) is 7.15. The number of hydrogen-bond acceptors (Lipinski definition) is 5. The van der Waals surface area contributed by atoms with Crippen molar-refractivity contribution in [3.8, 4) is 11.5 Å². The minimum Gasteiger partial charge on any atom is -0.454 e. The first-order valence-electron chi connectivity index (χ1n) is 7.06. The van der Waals surface area contributed by atoms with Crippen LogP contribution in [0.2, 0.25) is 5.02 Å². The summed E-state index contributed by atoms with van der Waals surface area (Å²) in [5, 5.41) is 1.36. The van der Waals surface area contributed by atoms with E-state index in [-0.39, 0.29) is 6.79 Å². The first kappa shape index (κ1) is 16.7. The third kappa shape index (κ3) is 3.36. The van der Waals surface area contributed by atoms with Crippen molar-refractivity contribution in [2.75, 3.05) is 12.5 Å². The van der Waals surface area contributed by atoms with Gasteiger partial charge in [0.15, 0.2) is 22.9 Å². The van der Waals surface area contributed by atoms with E-state index in [0.29, 0.717) is 33.4 Å². The van der Waals surface area contributed by atoms with Gasteiger partial charge in [-0.05, 0) is 34.0 Å². The summed E-state index contributed by atoms with van der Waals surface area (Å²) in [4.78, 5) is 15.8. The monoisotopic (exact) mass is 416 g/mol. The number of thioether (sulfide) groups is 1. The molecule has 0 spiro atoms. The molecule has 0 fully saturated rings. The van der Waals surface area contributed by atoms with Gasteiger partial charge in [-0.3, -0.25) is 4.79 Å². The topological polar surface area (TPSA) is 53.4 Å². The van der Waals surface area contributed by atoms with E-state index in [9.17, 15) is 4.79 Å². The van der Waals surface area contributed by atoms with Gasteiger partial charge in [-0.15, -0.1) is 0 Å². The van der Waals surface area contributed by atoms with Crippen LogP contribution >= 0.6 is 39.3 Å². The van der Waals surface area contributed by atoms with E-state index in [4.69, 9.17) is 21.1 Å². The van der Waals surface area contributed by atoms with E-state index in [0.717, 1.165) is 29.2 Å². The number of imidazole rings is 1. The van der Waals surface area contributed by atoms with Crippen LogP contribution in [0.5, 0.6) is 11.5 Å². The van der Waals surface area contributed by atoms with Crippen LogP contribution in [-0.2, 0) is 6.54 Å². The summed E-state index contributed by atoms with van der Waals surface area (Å²) in [6, 6.07) is 3.59. The molecule has 23 heavy (non-hydrogen) atoms. The SMILES string of the molecule is CCCSc1nc(Br)c(C=O)n1Cc1cc2c(cc1Cl)OCO2. The maximum absolute atomic E-state index is 11.4. The van der Waals surface area contributed by atoms with Gasteiger partial charge in [-0.1, -0.05) is 30.3 Å². The molecule has 0 unspecified atom stereocenters. The van der Waals surface area contributed by atoms with Crippen molar-refractivity contribution in [2.24, 2.45) is 0 Å². The number of carbonyl (C=O) groups is 1.